The van der Waals surface area contributed by atoms with E-state index in [0.717, 1.165) is 11.1 Å². The van der Waals surface area contributed by atoms with Crippen molar-refractivity contribution in [1.82, 2.24) is 10.4 Å². The number of ether oxygens (including phenoxy) is 2. The summed E-state index contributed by atoms with van der Waals surface area (Å²) >= 11 is 12.0. The van der Waals surface area contributed by atoms with E-state index >= 15 is 0 Å². The van der Waals surface area contributed by atoms with E-state index in [1.54, 1.807) is 43.3 Å². The summed E-state index contributed by atoms with van der Waals surface area (Å²) in [5.41, 5.74) is 7.29. The number of carbonyl (C=O) groups is 2. The van der Waals surface area contributed by atoms with Gasteiger partial charge in [0.25, 0.3) is 5.91 Å². The quantitative estimate of drug-likeness (QED) is 0.0785. The Balaban J connectivity index is 1.21. The van der Waals surface area contributed by atoms with Crippen LogP contribution in [-0.4, -0.2) is 35.2 Å². The van der Waals surface area contributed by atoms with Crippen LogP contribution in [0, 0.1) is 0 Å². The molecule has 4 aromatic carbocycles. The van der Waals surface area contributed by atoms with Crippen LogP contribution in [0.3, 0.4) is 0 Å². The van der Waals surface area contributed by atoms with E-state index in [1.807, 2.05) is 74.5 Å². The summed E-state index contributed by atoms with van der Waals surface area (Å²) in [5, 5.41) is 8.92. The third-order valence-corrected chi connectivity index (χ3v) is 7.63. The number of benzene rings is 4. The number of hydrogen-bond donors (Lipinski definition) is 2. The molecule has 5 rings (SSSR count). The number of halogens is 2. The monoisotopic (exact) mass is 668 g/mol. The van der Waals surface area contributed by atoms with Gasteiger partial charge in [-0.15, -0.1) is 0 Å². The largest absolute Gasteiger partial charge is 0.492 e. The first-order valence-corrected chi connectivity index (χ1v) is 15.9. The lowest BCUT2D eigenvalue weighted by Gasteiger charge is -2.15. The summed E-state index contributed by atoms with van der Waals surface area (Å²) in [5.74, 6) is 0.719. The van der Waals surface area contributed by atoms with Crippen LogP contribution in [0.25, 0.3) is 22.2 Å². The molecule has 240 valence electrons. The minimum Gasteiger partial charge on any atom is -0.492 e. The van der Waals surface area contributed by atoms with Gasteiger partial charge in [-0.25, -0.2) is 10.4 Å². The third-order valence-electron chi connectivity index (χ3n) is 7.10. The van der Waals surface area contributed by atoms with Gasteiger partial charge in [-0.2, -0.15) is 5.10 Å². The zero-order valence-corrected chi connectivity index (χ0v) is 27.7. The van der Waals surface area contributed by atoms with Crippen molar-refractivity contribution in [2.45, 2.75) is 39.7 Å². The second kappa shape index (κ2) is 15.6. The van der Waals surface area contributed by atoms with Crippen molar-refractivity contribution in [3.8, 4) is 22.8 Å². The van der Waals surface area contributed by atoms with Gasteiger partial charge in [0.2, 0.25) is 5.91 Å². The number of aromatic nitrogens is 1. The van der Waals surface area contributed by atoms with Gasteiger partial charge in [-0.3, -0.25) is 9.59 Å². The third kappa shape index (κ3) is 8.87. The Morgan fingerprint density at radius 3 is 2.40 bits per heavy atom. The van der Waals surface area contributed by atoms with Crippen molar-refractivity contribution in [2.75, 3.05) is 11.9 Å². The number of carbonyl (C=O) groups excluding carboxylic acids is 2. The Kier molecular flexibility index (Phi) is 11.1. The van der Waals surface area contributed by atoms with Crippen molar-refractivity contribution in [3.05, 3.63) is 118 Å². The molecular formula is C37H34Cl2N4O4. The van der Waals surface area contributed by atoms with Crippen molar-refractivity contribution in [3.63, 3.8) is 0 Å². The maximum atomic E-state index is 13.5. The molecule has 0 aliphatic rings. The molecule has 0 aliphatic carbocycles. The number of nitrogens with one attached hydrogen (secondary N) is 2. The molecular weight excluding hydrogens is 635 g/mol. The van der Waals surface area contributed by atoms with E-state index in [2.05, 4.69) is 15.8 Å². The zero-order valence-electron chi connectivity index (χ0n) is 26.2. The molecule has 8 nitrogen and oxygen atoms in total. The number of hydrogen-bond acceptors (Lipinski definition) is 6. The minimum atomic E-state index is -0.363. The molecule has 47 heavy (non-hydrogen) atoms. The molecule has 0 saturated heterocycles. The van der Waals surface area contributed by atoms with Crippen LogP contribution < -0.4 is 20.2 Å². The van der Waals surface area contributed by atoms with Gasteiger partial charge < -0.3 is 14.8 Å². The number of rotatable bonds is 12. The van der Waals surface area contributed by atoms with Crippen molar-refractivity contribution >= 4 is 57.3 Å². The highest BCUT2D eigenvalue weighted by atomic mass is 35.5. The van der Waals surface area contributed by atoms with Crippen LogP contribution in [0.2, 0.25) is 10.0 Å². The highest BCUT2D eigenvalue weighted by Crippen LogP contribution is 2.32. The van der Waals surface area contributed by atoms with E-state index < -0.39 is 0 Å². The fourth-order valence-electron chi connectivity index (χ4n) is 4.82. The topological polar surface area (TPSA) is 102 Å². The van der Waals surface area contributed by atoms with Gasteiger partial charge in [0, 0.05) is 28.1 Å². The number of nitrogens with zero attached hydrogens (tertiary/aromatic N) is 2. The highest BCUT2D eigenvalue weighted by Gasteiger charge is 2.16. The summed E-state index contributed by atoms with van der Waals surface area (Å²) < 4.78 is 11.7. The molecule has 10 heteroatoms. The van der Waals surface area contributed by atoms with Crippen LogP contribution in [0.15, 0.2) is 102 Å². The number of hydrazone groups is 1. The minimum absolute atomic E-state index is 0.0195. The second-order valence-electron chi connectivity index (χ2n) is 11.0. The van der Waals surface area contributed by atoms with Crippen LogP contribution in [-0.2, 0) is 4.79 Å². The molecule has 2 N–H and O–H groups in total. The Labute approximate surface area is 283 Å². The molecule has 5 aromatic rings. The van der Waals surface area contributed by atoms with Gasteiger partial charge in [0.05, 0.1) is 40.2 Å². The van der Waals surface area contributed by atoms with Gasteiger partial charge in [0.15, 0.2) is 0 Å². The van der Waals surface area contributed by atoms with Gasteiger partial charge >= 0.3 is 0 Å². The number of amides is 2. The molecule has 0 unspecified atom stereocenters. The van der Waals surface area contributed by atoms with E-state index in [4.69, 9.17) is 37.7 Å². The normalized spacial score (nSPS) is 11.4. The Morgan fingerprint density at radius 1 is 0.894 bits per heavy atom. The predicted octanol–water partition coefficient (Wildman–Crippen LogP) is 8.95. The lowest BCUT2D eigenvalue weighted by Crippen LogP contribution is -2.20. The van der Waals surface area contributed by atoms with E-state index in [9.17, 15) is 9.59 Å². The summed E-state index contributed by atoms with van der Waals surface area (Å²) in [4.78, 5) is 30.8. The average Bonchev–Trinajstić information content (AvgIpc) is 3.06. The van der Waals surface area contributed by atoms with E-state index in [1.165, 1.54) is 0 Å². The highest BCUT2D eigenvalue weighted by molar-refractivity contribution is 6.35. The SMILES string of the molecule is C/C(=N\NC(=O)c1cc(-c2ccccc2OC(C)C)nc2ccccc12)c1ccc(NC(=O)CCCOc2ccc(Cl)cc2Cl)cc1. The molecule has 2 amide bonds. The summed E-state index contributed by atoms with van der Waals surface area (Å²) in [6.45, 7) is 6.07. The first kappa shape index (κ1) is 33.4. The Bertz CT molecular complexity index is 1930. The number of pyridine rings is 1. The Morgan fingerprint density at radius 2 is 1.64 bits per heavy atom. The molecule has 1 aromatic heterocycles. The average molecular weight is 670 g/mol. The van der Waals surface area contributed by atoms with Gasteiger partial charge in [0.1, 0.15) is 11.5 Å². The standard InChI is InChI=1S/C37H34Cl2N4O4/c1-23(2)47-34-12-7-5-10-29(34)33-22-30(28-9-4-6-11-32(28)41-33)37(45)43-42-24(3)25-14-17-27(18-15-25)40-36(44)13-8-20-46-35-19-16-26(38)21-31(35)39/h4-7,9-12,14-19,21-23H,8,13,20H2,1-3H3,(H,40,44)(H,43,45)/b42-24+. The van der Waals surface area contributed by atoms with Crippen LogP contribution in [0.5, 0.6) is 11.5 Å². The first-order chi connectivity index (χ1) is 22.7. The number of fused-ring (bicyclic) bond motifs is 1. The van der Waals surface area contributed by atoms with Crippen molar-refractivity contribution in [2.24, 2.45) is 5.10 Å². The number of anilines is 1. The summed E-state index contributed by atoms with van der Waals surface area (Å²) in [6, 6.07) is 29.2. The molecule has 0 atom stereocenters. The smallest absolute Gasteiger partial charge is 0.272 e. The van der Waals surface area contributed by atoms with E-state index in [-0.39, 0.29) is 24.3 Å². The van der Waals surface area contributed by atoms with E-state index in [0.29, 0.717) is 68.1 Å². The zero-order chi connectivity index (χ0) is 33.3. The van der Waals surface area contributed by atoms with Gasteiger partial charge in [-0.05, 0) is 87.4 Å². The summed E-state index contributed by atoms with van der Waals surface area (Å²) in [6.07, 6.45) is 0.774. The molecule has 0 spiro atoms. The van der Waals surface area contributed by atoms with Crippen molar-refractivity contribution in [1.29, 1.82) is 0 Å². The molecule has 1 heterocycles. The van der Waals surface area contributed by atoms with Crippen LogP contribution in [0.4, 0.5) is 5.69 Å². The van der Waals surface area contributed by atoms with Crippen LogP contribution >= 0.6 is 23.2 Å². The Hall–Kier alpha value is -4.92. The second-order valence-corrected chi connectivity index (χ2v) is 11.9. The molecule has 0 radical (unpaired) electrons. The molecule has 0 fully saturated rings. The fraction of sp³-hybridized carbons (Fsp3) is 0.189. The fourth-order valence-corrected chi connectivity index (χ4v) is 5.28. The lowest BCUT2D eigenvalue weighted by molar-refractivity contribution is -0.116. The molecule has 0 aliphatic heterocycles. The van der Waals surface area contributed by atoms with Crippen molar-refractivity contribution < 1.29 is 19.1 Å². The maximum absolute atomic E-state index is 13.5. The number of para-hydroxylation sites is 2. The first-order valence-electron chi connectivity index (χ1n) is 15.2. The van der Waals surface area contributed by atoms with Gasteiger partial charge in [-0.1, -0.05) is 65.7 Å². The molecule has 0 saturated carbocycles. The predicted molar refractivity (Wildman–Crippen MR) is 189 cm³/mol. The van der Waals surface area contributed by atoms with Crippen LogP contribution in [0.1, 0.15) is 49.5 Å². The maximum Gasteiger partial charge on any atom is 0.272 e. The molecule has 0 bridgehead atoms. The summed E-state index contributed by atoms with van der Waals surface area (Å²) in [7, 11) is 0. The lowest BCUT2D eigenvalue weighted by atomic mass is 10.0.